The molecule has 1 saturated heterocycles. The topological polar surface area (TPSA) is 59.6 Å². The number of ether oxygens (including phenoxy) is 2. The van der Waals surface area contributed by atoms with Crippen molar-refractivity contribution in [1.29, 1.82) is 0 Å². The highest BCUT2D eigenvalue weighted by molar-refractivity contribution is 5.95. The van der Waals surface area contributed by atoms with Crippen molar-refractivity contribution >= 4 is 11.6 Å². The first-order chi connectivity index (χ1) is 10.2. The summed E-state index contributed by atoms with van der Waals surface area (Å²) in [7, 11) is 0. The Morgan fingerprint density at radius 1 is 1.48 bits per heavy atom. The fourth-order valence-electron chi connectivity index (χ4n) is 2.16. The molecule has 5 nitrogen and oxygen atoms in total. The van der Waals surface area contributed by atoms with Crippen LogP contribution in [0.25, 0.3) is 0 Å². The number of benzene rings is 1. The molecule has 1 atom stereocenters. The number of rotatable bonds is 5. The summed E-state index contributed by atoms with van der Waals surface area (Å²) in [5.74, 6) is 0.307. The van der Waals surface area contributed by atoms with Crippen molar-refractivity contribution in [3.8, 4) is 5.75 Å². The second-order valence-electron chi connectivity index (χ2n) is 5.45. The molecule has 2 aliphatic rings. The van der Waals surface area contributed by atoms with Crippen LogP contribution in [0, 0.1) is 11.7 Å². The summed E-state index contributed by atoms with van der Waals surface area (Å²) in [6.07, 6.45) is 1.78. The minimum absolute atomic E-state index is 0.245. The van der Waals surface area contributed by atoms with Crippen LogP contribution in [0.4, 0.5) is 10.1 Å². The molecule has 1 aromatic carbocycles. The molecular formula is C15H19FN2O3. The molecule has 114 valence electrons. The summed E-state index contributed by atoms with van der Waals surface area (Å²) in [4.78, 5) is 12.1. The molecule has 21 heavy (non-hydrogen) atoms. The van der Waals surface area contributed by atoms with E-state index in [1.165, 1.54) is 18.2 Å². The zero-order valence-electron chi connectivity index (χ0n) is 11.7. The summed E-state index contributed by atoms with van der Waals surface area (Å²) < 4.78 is 24.4. The van der Waals surface area contributed by atoms with E-state index in [4.69, 9.17) is 9.47 Å². The van der Waals surface area contributed by atoms with Gasteiger partial charge >= 0.3 is 0 Å². The van der Waals surface area contributed by atoms with E-state index < -0.39 is 6.10 Å². The lowest BCUT2D eigenvalue weighted by Crippen LogP contribution is -2.45. The molecule has 1 unspecified atom stereocenters. The Labute approximate surface area is 122 Å². The Morgan fingerprint density at radius 2 is 2.33 bits per heavy atom. The van der Waals surface area contributed by atoms with Crippen LogP contribution in [0.2, 0.25) is 0 Å². The Hall–Kier alpha value is -1.66. The van der Waals surface area contributed by atoms with Gasteiger partial charge in [-0.05, 0) is 30.9 Å². The largest absolute Gasteiger partial charge is 0.491 e. The lowest BCUT2D eigenvalue weighted by atomic mass is 10.2. The second-order valence-corrected chi connectivity index (χ2v) is 5.45. The maximum absolute atomic E-state index is 13.4. The number of anilines is 1. The third-order valence-electron chi connectivity index (χ3n) is 3.59. The van der Waals surface area contributed by atoms with Crippen molar-refractivity contribution in [1.82, 2.24) is 5.32 Å². The van der Waals surface area contributed by atoms with Crippen LogP contribution < -0.4 is 15.4 Å². The quantitative estimate of drug-likeness (QED) is 0.865. The highest BCUT2D eigenvalue weighted by Gasteiger charge is 2.24. The van der Waals surface area contributed by atoms with Crippen molar-refractivity contribution in [3.63, 3.8) is 0 Å². The number of morpholine rings is 1. The minimum atomic E-state index is -0.528. The smallest absolute Gasteiger partial charge is 0.254 e. The van der Waals surface area contributed by atoms with Crippen molar-refractivity contribution < 1.29 is 18.7 Å². The van der Waals surface area contributed by atoms with Crippen LogP contribution in [-0.2, 0) is 9.53 Å². The first-order valence-corrected chi connectivity index (χ1v) is 7.28. The Kier molecular flexibility index (Phi) is 4.36. The first kappa shape index (κ1) is 14.3. The zero-order valence-corrected chi connectivity index (χ0v) is 11.7. The highest BCUT2D eigenvalue weighted by atomic mass is 19.1. The number of hydrogen-bond acceptors (Lipinski definition) is 4. The molecule has 2 fully saturated rings. The first-order valence-electron chi connectivity index (χ1n) is 7.28. The van der Waals surface area contributed by atoms with Crippen LogP contribution in [0.5, 0.6) is 5.75 Å². The normalized spacial score (nSPS) is 21.9. The number of halogens is 1. The van der Waals surface area contributed by atoms with E-state index in [2.05, 4.69) is 10.6 Å². The molecule has 0 radical (unpaired) electrons. The van der Waals surface area contributed by atoms with Gasteiger partial charge < -0.3 is 20.1 Å². The van der Waals surface area contributed by atoms with E-state index in [0.29, 0.717) is 37.1 Å². The van der Waals surface area contributed by atoms with Gasteiger partial charge in [-0.1, -0.05) is 0 Å². The third-order valence-corrected chi connectivity index (χ3v) is 3.59. The maximum Gasteiger partial charge on any atom is 0.254 e. The van der Waals surface area contributed by atoms with Gasteiger partial charge in [-0.2, -0.15) is 0 Å². The van der Waals surface area contributed by atoms with Crippen molar-refractivity contribution in [3.05, 3.63) is 24.0 Å². The average Bonchev–Trinajstić information content (AvgIpc) is 3.32. The lowest BCUT2D eigenvalue weighted by Gasteiger charge is -2.23. The van der Waals surface area contributed by atoms with E-state index in [1.54, 1.807) is 0 Å². The summed E-state index contributed by atoms with van der Waals surface area (Å²) in [5.41, 5.74) is 0.483. The van der Waals surface area contributed by atoms with Crippen LogP contribution in [-0.4, -0.2) is 38.3 Å². The third kappa shape index (κ3) is 3.92. The molecule has 1 aliphatic heterocycles. The summed E-state index contributed by atoms with van der Waals surface area (Å²) in [6.45, 7) is 2.29. The molecule has 3 rings (SSSR count). The van der Waals surface area contributed by atoms with Crippen LogP contribution in [0.1, 0.15) is 12.8 Å². The predicted molar refractivity (Wildman–Crippen MR) is 75.9 cm³/mol. The van der Waals surface area contributed by atoms with Crippen LogP contribution in [0.15, 0.2) is 18.2 Å². The Balaban J connectivity index is 1.66. The molecule has 1 heterocycles. The number of carbonyl (C=O) groups is 1. The van der Waals surface area contributed by atoms with E-state index in [1.807, 2.05) is 0 Å². The van der Waals surface area contributed by atoms with Gasteiger partial charge in [-0.3, -0.25) is 4.79 Å². The van der Waals surface area contributed by atoms with Gasteiger partial charge in [0.1, 0.15) is 17.7 Å². The molecule has 1 aliphatic carbocycles. The SMILES string of the molecule is O=C(Nc1ccc(F)cc1OCC1CC1)C1CNCCO1. The molecule has 0 spiro atoms. The summed E-state index contributed by atoms with van der Waals surface area (Å²) in [5, 5.41) is 5.85. The van der Waals surface area contributed by atoms with Crippen molar-refractivity contribution in [2.24, 2.45) is 5.92 Å². The van der Waals surface area contributed by atoms with Gasteiger partial charge in [0.25, 0.3) is 5.91 Å². The maximum atomic E-state index is 13.4. The van der Waals surface area contributed by atoms with Crippen molar-refractivity contribution in [2.75, 3.05) is 31.6 Å². The van der Waals surface area contributed by atoms with Gasteiger partial charge in [-0.15, -0.1) is 0 Å². The van der Waals surface area contributed by atoms with E-state index in [-0.39, 0.29) is 11.7 Å². The van der Waals surface area contributed by atoms with E-state index in [9.17, 15) is 9.18 Å². The molecular weight excluding hydrogens is 275 g/mol. The highest BCUT2D eigenvalue weighted by Crippen LogP contribution is 2.32. The fourth-order valence-corrected chi connectivity index (χ4v) is 2.16. The summed E-state index contributed by atoms with van der Waals surface area (Å²) in [6, 6.07) is 4.13. The number of hydrogen-bond donors (Lipinski definition) is 2. The van der Waals surface area contributed by atoms with Gasteiger partial charge in [-0.25, -0.2) is 4.39 Å². The molecule has 2 N–H and O–H groups in total. The zero-order chi connectivity index (χ0) is 14.7. The fraction of sp³-hybridized carbons (Fsp3) is 0.533. The minimum Gasteiger partial charge on any atom is -0.491 e. The molecule has 6 heteroatoms. The van der Waals surface area contributed by atoms with E-state index >= 15 is 0 Å². The van der Waals surface area contributed by atoms with Crippen LogP contribution in [0.3, 0.4) is 0 Å². The van der Waals surface area contributed by atoms with Gasteiger partial charge in [0.15, 0.2) is 0 Å². The molecule has 0 aromatic heterocycles. The monoisotopic (exact) mass is 294 g/mol. The van der Waals surface area contributed by atoms with Crippen molar-refractivity contribution in [2.45, 2.75) is 18.9 Å². The molecule has 1 saturated carbocycles. The molecule has 0 bridgehead atoms. The second kappa shape index (κ2) is 6.41. The Bertz CT molecular complexity index is 514. The van der Waals surface area contributed by atoms with E-state index in [0.717, 1.165) is 19.4 Å². The standard InChI is InChI=1S/C15H19FN2O3/c16-11-3-4-12(13(7-11)21-9-10-1-2-10)18-15(19)14-8-17-5-6-20-14/h3-4,7,10,14,17H,1-2,5-6,8-9H2,(H,18,19). The number of nitrogens with one attached hydrogen (secondary N) is 2. The Morgan fingerprint density at radius 3 is 3.05 bits per heavy atom. The average molecular weight is 294 g/mol. The number of carbonyl (C=O) groups excluding carboxylic acids is 1. The van der Waals surface area contributed by atoms with Gasteiger partial charge in [0.05, 0.1) is 18.9 Å². The van der Waals surface area contributed by atoms with Gasteiger partial charge in [0.2, 0.25) is 0 Å². The predicted octanol–water partition coefficient (Wildman–Crippen LogP) is 1.54. The summed E-state index contributed by atoms with van der Waals surface area (Å²) >= 11 is 0. The lowest BCUT2D eigenvalue weighted by molar-refractivity contribution is -0.128. The number of amides is 1. The van der Waals surface area contributed by atoms with Crippen LogP contribution >= 0.6 is 0 Å². The molecule has 1 amide bonds. The molecule has 1 aromatic rings. The van der Waals surface area contributed by atoms with Gasteiger partial charge in [0, 0.05) is 19.2 Å².